The van der Waals surface area contributed by atoms with Crippen molar-refractivity contribution >= 4 is 65.0 Å². The van der Waals surface area contributed by atoms with Gasteiger partial charge < -0.3 is 64.0 Å². The molecule has 0 rings (SSSR count). The van der Waals surface area contributed by atoms with Crippen molar-refractivity contribution in [1.29, 1.82) is 0 Å². The lowest BCUT2D eigenvalue weighted by Crippen LogP contribution is -2.58. The Kier molecular flexibility index (Phi) is 22.8. The van der Waals surface area contributed by atoms with Gasteiger partial charge in [0.05, 0.1) is 0 Å². The quantitative estimate of drug-likeness (QED) is 0.0408. The minimum atomic E-state index is -1.27. The topological polar surface area (TPSA) is 354 Å². The first-order valence-electron chi connectivity index (χ1n) is 18.8. The van der Waals surface area contributed by atoms with E-state index in [1.54, 1.807) is 0 Å². The fourth-order valence-corrected chi connectivity index (χ4v) is 4.61. The maximum absolute atomic E-state index is 12.8. The van der Waals surface area contributed by atoms with Gasteiger partial charge in [0.15, 0.2) is 0 Å². The Balaban J connectivity index is 4.94. The van der Waals surface area contributed by atoms with Crippen LogP contribution in [0.15, 0.2) is 0 Å². The van der Waals surface area contributed by atoms with Gasteiger partial charge in [0.1, 0.15) is 60.4 Å². The molecule has 0 bridgehead atoms. The number of nitrogens with two attached hydrogens (primary N) is 1. The second-order valence-corrected chi connectivity index (χ2v) is 13.9. The smallest absolute Gasteiger partial charge is 0.325 e. The summed E-state index contributed by atoms with van der Waals surface area (Å²) in [6, 6.07) is -11.4. The molecule has 10 amide bonds. The molecule has 58 heavy (non-hydrogen) atoms. The van der Waals surface area contributed by atoms with E-state index in [1.807, 2.05) is 0 Å². The molecule has 0 spiro atoms. The Hall–Kier alpha value is -5.87. The second-order valence-electron chi connectivity index (χ2n) is 13.9. The number of carbonyl (C=O) groups excluding carboxylic acids is 10. The van der Waals surface area contributed by atoms with E-state index in [9.17, 15) is 52.7 Å². The number of hydrogen-bond acceptors (Lipinski definition) is 12. The molecule has 328 valence electrons. The van der Waals surface area contributed by atoms with E-state index in [0.717, 1.165) is 0 Å². The highest BCUT2D eigenvalue weighted by Crippen LogP contribution is 2.02. The van der Waals surface area contributed by atoms with Crippen molar-refractivity contribution in [3.63, 3.8) is 0 Å². The molecule has 13 N–H and O–H groups in total. The highest BCUT2D eigenvalue weighted by atomic mass is 16.4. The molecule has 0 aliphatic rings. The Labute approximate surface area is 337 Å². The maximum atomic E-state index is 12.8. The largest absolute Gasteiger partial charge is 0.480 e. The summed E-state index contributed by atoms with van der Waals surface area (Å²) >= 11 is 0. The van der Waals surface area contributed by atoms with Gasteiger partial charge in [-0.1, -0.05) is 0 Å². The molecular formula is C35H61N11O12. The molecule has 0 fully saturated rings. The average molecular weight is 828 g/mol. The third kappa shape index (κ3) is 19.3. The predicted octanol–water partition coefficient (Wildman–Crippen LogP) is -4.75. The van der Waals surface area contributed by atoms with Gasteiger partial charge >= 0.3 is 5.97 Å². The van der Waals surface area contributed by atoms with Gasteiger partial charge in [-0.05, 0) is 88.1 Å². The van der Waals surface area contributed by atoms with E-state index in [-0.39, 0.29) is 0 Å². The first kappa shape index (κ1) is 52.1. The minimum Gasteiger partial charge on any atom is -0.480 e. The molecule has 0 aromatic rings. The van der Waals surface area contributed by atoms with Crippen molar-refractivity contribution in [2.75, 3.05) is 6.54 Å². The normalized spacial score (nSPS) is 15.9. The van der Waals surface area contributed by atoms with Crippen LogP contribution in [0.4, 0.5) is 0 Å². The highest BCUT2D eigenvalue weighted by molar-refractivity contribution is 5.98. The number of carboxylic acid groups (broad SMARTS) is 1. The summed E-state index contributed by atoms with van der Waals surface area (Å²) in [7, 11) is 0. The van der Waals surface area contributed by atoms with Gasteiger partial charge in [-0.25, -0.2) is 0 Å². The number of rotatable bonds is 24. The molecule has 0 heterocycles. The summed E-state index contributed by atoms with van der Waals surface area (Å²) in [5.74, 6) is -8.42. The number of aliphatic carboxylic acids is 1. The molecule has 0 aliphatic carbocycles. The number of carbonyl (C=O) groups is 11. The number of hydrogen-bond donors (Lipinski definition) is 12. The zero-order valence-corrected chi connectivity index (χ0v) is 34.6. The summed E-state index contributed by atoms with van der Waals surface area (Å²) in [5, 5.41) is 32.8. The predicted molar refractivity (Wildman–Crippen MR) is 207 cm³/mol. The second kappa shape index (κ2) is 25.4. The first-order chi connectivity index (χ1) is 26.8. The van der Waals surface area contributed by atoms with Crippen molar-refractivity contribution in [2.45, 2.75) is 149 Å². The molecule has 0 radical (unpaired) electrons. The van der Waals surface area contributed by atoms with E-state index in [0.29, 0.717) is 25.8 Å². The van der Waals surface area contributed by atoms with Crippen LogP contribution in [-0.2, 0) is 52.7 Å². The Morgan fingerprint density at radius 3 is 0.810 bits per heavy atom. The van der Waals surface area contributed by atoms with Crippen LogP contribution in [-0.4, -0.2) is 137 Å². The number of unbranched alkanes of at least 4 members (excludes halogenated alkanes) is 1. The highest BCUT2D eigenvalue weighted by Gasteiger charge is 2.30. The minimum absolute atomic E-state index is 0.306. The van der Waals surface area contributed by atoms with Crippen LogP contribution in [0.5, 0.6) is 0 Å². The molecule has 10 atom stereocenters. The van der Waals surface area contributed by atoms with Gasteiger partial charge in [0, 0.05) is 6.92 Å². The van der Waals surface area contributed by atoms with Gasteiger partial charge in [-0.15, -0.1) is 0 Å². The maximum Gasteiger partial charge on any atom is 0.325 e. The lowest BCUT2D eigenvalue weighted by molar-refractivity contribution is -0.141. The lowest BCUT2D eigenvalue weighted by Gasteiger charge is -2.24. The van der Waals surface area contributed by atoms with Crippen molar-refractivity contribution in [2.24, 2.45) is 5.73 Å². The fraction of sp³-hybridized carbons (Fsp3) is 0.686. The Morgan fingerprint density at radius 1 is 0.379 bits per heavy atom. The summed E-state index contributed by atoms with van der Waals surface area (Å²) in [6.07, 6.45) is 1.51. The Morgan fingerprint density at radius 2 is 0.603 bits per heavy atom. The van der Waals surface area contributed by atoms with Crippen LogP contribution in [0, 0.1) is 0 Å². The van der Waals surface area contributed by atoms with E-state index < -0.39 is 125 Å². The van der Waals surface area contributed by atoms with Crippen LogP contribution in [0.1, 0.15) is 88.5 Å². The number of amides is 10. The molecular weight excluding hydrogens is 766 g/mol. The van der Waals surface area contributed by atoms with Crippen molar-refractivity contribution in [1.82, 2.24) is 53.2 Å². The van der Waals surface area contributed by atoms with Crippen LogP contribution in [0.25, 0.3) is 0 Å². The summed E-state index contributed by atoms with van der Waals surface area (Å²) in [6.45, 7) is 13.6. The third-order valence-corrected chi connectivity index (χ3v) is 8.39. The molecule has 0 aromatic heterocycles. The standard InChI is InChI=1S/C35H61N11O12/c1-15(27(49)39-17(3)29(51)41-19(5)31(53)43-21(7)33(55)45-23(9)35(57)58)37-26(48)16(2)38-28(50)18(4)40-30(52)20(6)42-32(54)22(8)44-34(56)25(46-24(10)47)13-11-12-14-36/h15-23,25H,11-14,36H2,1-10H3,(H,37,48)(H,38,50)(H,39,49)(H,40,52)(H,41,51)(H,42,54)(H,43,53)(H,44,56)(H,45,55)(H,46,47)(H,57,58)/t15-,16-,17-,18-,19-,20-,21-,22-,23-,25-/m0/s1. The zero-order valence-electron chi connectivity index (χ0n) is 34.6. The van der Waals surface area contributed by atoms with Crippen molar-refractivity contribution in [3.8, 4) is 0 Å². The fourth-order valence-electron chi connectivity index (χ4n) is 4.61. The van der Waals surface area contributed by atoms with Crippen molar-refractivity contribution in [3.05, 3.63) is 0 Å². The molecule has 0 unspecified atom stereocenters. The molecule has 0 saturated carbocycles. The SMILES string of the molecule is CC(=O)N[C@@H](CCCCN)C(=O)N[C@@H](C)C(=O)N[C@@H](C)C(=O)N[C@@H](C)C(=O)N[C@@H](C)C(=O)N[C@@H](C)C(=O)N[C@@H](C)C(=O)N[C@@H](C)C(=O)N[C@@H](C)C(=O)N[C@@H](C)C(=O)O. The molecule has 23 heteroatoms. The van der Waals surface area contributed by atoms with E-state index in [1.165, 1.54) is 69.2 Å². The molecule has 23 nitrogen and oxygen atoms in total. The van der Waals surface area contributed by atoms with Crippen LogP contribution < -0.4 is 58.9 Å². The summed E-state index contributed by atoms with van der Waals surface area (Å²) < 4.78 is 0. The van der Waals surface area contributed by atoms with Crippen LogP contribution in [0.2, 0.25) is 0 Å². The van der Waals surface area contributed by atoms with Gasteiger partial charge in [0.25, 0.3) is 0 Å². The molecule has 0 saturated heterocycles. The van der Waals surface area contributed by atoms with E-state index in [4.69, 9.17) is 10.8 Å². The van der Waals surface area contributed by atoms with Gasteiger partial charge in [-0.3, -0.25) is 52.7 Å². The third-order valence-electron chi connectivity index (χ3n) is 8.39. The number of nitrogens with one attached hydrogen (secondary N) is 10. The number of carboxylic acids is 1. The monoisotopic (exact) mass is 827 g/mol. The summed E-state index contributed by atoms with van der Waals surface area (Å²) in [4.78, 5) is 136. The first-order valence-corrected chi connectivity index (χ1v) is 18.8. The summed E-state index contributed by atoms with van der Waals surface area (Å²) in [5.41, 5.74) is 5.49. The zero-order chi connectivity index (χ0) is 45.0. The lowest BCUT2D eigenvalue weighted by atomic mass is 10.1. The van der Waals surface area contributed by atoms with Crippen LogP contribution >= 0.6 is 0 Å². The van der Waals surface area contributed by atoms with Crippen molar-refractivity contribution < 1.29 is 57.8 Å². The van der Waals surface area contributed by atoms with Gasteiger partial charge in [0.2, 0.25) is 59.1 Å². The Bertz CT molecular complexity index is 1530. The molecule has 0 aliphatic heterocycles. The van der Waals surface area contributed by atoms with Crippen LogP contribution in [0.3, 0.4) is 0 Å². The van der Waals surface area contributed by atoms with E-state index >= 15 is 0 Å². The molecule has 0 aromatic carbocycles. The average Bonchev–Trinajstić information content (AvgIpc) is 3.13. The van der Waals surface area contributed by atoms with E-state index in [2.05, 4.69) is 53.2 Å². The van der Waals surface area contributed by atoms with Gasteiger partial charge in [-0.2, -0.15) is 0 Å².